The first-order chi connectivity index (χ1) is 24.9. The van der Waals surface area contributed by atoms with Crippen LogP contribution < -0.4 is 0 Å². The van der Waals surface area contributed by atoms with E-state index in [1.807, 2.05) is 18.2 Å². The van der Waals surface area contributed by atoms with Gasteiger partial charge in [-0.1, -0.05) is 191 Å². The summed E-state index contributed by atoms with van der Waals surface area (Å²) in [5.74, 6) is 0.173. The zero-order valence-electron chi connectivity index (χ0n) is 33.4. The van der Waals surface area contributed by atoms with Crippen molar-refractivity contribution in [3.8, 4) is 0 Å². The lowest BCUT2D eigenvalue weighted by molar-refractivity contribution is -0.161. The largest absolute Gasteiger partial charge is 0.462 e. The number of ether oxygens (including phenoxy) is 2. The molecule has 0 rings (SSSR count). The SMILES string of the molecule is CCCCC[C@@H](O)/C=C/C=C\C/C=C\C/C=C\CCCC(=O)OC[C@H](CO)OC(=O)CCCCCCCCCCCCCCCCCCC(C)C. The fraction of sp³-hybridized carbons (Fsp3) is 0.778. The Hall–Kier alpha value is -2.18. The Balaban J connectivity index is 3.65. The lowest BCUT2D eigenvalue weighted by Crippen LogP contribution is -2.28. The van der Waals surface area contributed by atoms with Crippen molar-refractivity contribution in [1.29, 1.82) is 0 Å². The zero-order chi connectivity index (χ0) is 37.5. The van der Waals surface area contributed by atoms with E-state index >= 15 is 0 Å². The van der Waals surface area contributed by atoms with Crippen LogP contribution in [0.1, 0.15) is 194 Å². The molecule has 0 aliphatic carbocycles. The molecule has 6 nitrogen and oxygen atoms in total. The van der Waals surface area contributed by atoms with Gasteiger partial charge in [0.15, 0.2) is 6.10 Å². The summed E-state index contributed by atoms with van der Waals surface area (Å²) in [5.41, 5.74) is 0. The van der Waals surface area contributed by atoms with E-state index in [1.165, 1.54) is 96.3 Å². The third kappa shape index (κ3) is 38.9. The molecule has 51 heavy (non-hydrogen) atoms. The van der Waals surface area contributed by atoms with Gasteiger partial charge in [-0.05, 0) is 44.4 Å². The first-order valence-electron chi connectivity index (χ1n) is 21.2. The molecule has 0 aromatic heterocycles. The Morgan fingerprint density at radius 3 is 1.67 bits per heavy atom. The number of carbonyl (C=O) groups excluding carboxylic acids is 2. The quantitative estimate of drug-likeness (QED) is 0.0288. The average molecular weight is 717 g/mol. The van der Waals surface area contributed by atoms with Crippen LogP contribution in [0, 0.1) is 5.92 Å². The summed E-state index contributed by atoms with van der Waals surface area (Å²) < 4.78 is 10.6. The van der Waals surface area contributed by atoms with Gasteiger partial charge in [0.25, 0.3) is 0 Å². The number of allylic oxidation sites excluding steroid dienone is 7. The Morgan fingerprint density at radius 2 is 1.10 bits per heavy atom. The molecule has 296 valence electrons. The van der Waals surface area contributed by atoms with Crippen LogP contribution in [-0.2, 0) is 19.1 Å². The number of carbonyl (C=O) groups is 2. The molecule has 0 aliphatic rings. The Kier molecular flexibility index (Phi) is 37.4. The first-order valence-corrected chi connectivity index (χ1v) is 21.2. The van der Waals surface area contributed by atoms with Crippen LogP contribution in [-0.4, -0.2) is 47.6 Å². The number of hydrogen-bond donors (Lipinski definition) is 2. The standard InChI is InChI=1S/C45H80O6/c1-4-5-29-35-42(47)36-31-26-22-18-14-12-16-19-23-27-32-37-44(48)50-40-43(39-46)51-45(49)38-33-28-24-20-15-11-9-7-6-8-10-13-17-21-25-30-34-41(2)3/h12,14,19,22-23,26,31,36,41-43,46-47H,4-11,13,15-18,20-21,24-25,27-30,32-35,37-40H2,1-3H3/b14-12-,23-19-,26-22-,36-31+/t42-,43+/m1/s1. The molecule has 6 heteroatoms. The van der Waals surface area contributed by atoms with Gasteiger partial charge in [-0.25, -0.2) is 0 Å². The highest BCUT2D eigenvalue weighted by molar-refractivity contribution is 5.70. The number of unbranched alkanes of at least 4 members (excludes halogenated alkanes) is 18. The predicted molar refractivity (Wildman–Crippen MR) is 216 cm³/mol. The molecule has 0 saturated carbocycles. The maximum absolute atomic E-state index is 12.2. The molecule has 2 N–H and O–H groups in total. The van der Waals surface area contributed by atoms with Crippen molar-refractivity contribution in [2.45, 2.75) is 206 Å². The van der Waals surface area contributed by atoms with E-state index in [0.29, 0.717) is 12.8 Å². The minimum absolute atomic E-state index is 0.107. The molecule has 0 saturated heterocycles. The van der Waals surface area contributed by atoms with E-state index in [9.17, 15) is 19.8 Å². The molecule has 0 amide bonds. The molecular formula is C45H80O6. The van der Waals surface area contributed by atoms with E-state index in [-0.39, 0.29) is 37.7 Å². The molecule has 0 aromatic carbocycles. The van der Waals surface area contributed by atoms with Gasteiger partial charge in [-0.3, -0.25) is 9.59 Å². The van der Waals surface area contributed by atoms with E-state index < -0.39 is 6.10 Å². The highest BCUT2D eigenvalue weighted by Crippen LogP contribution is 2.15. The van der Waals surface area contributed by atoms with E-state index in [2.05, 4.69) is 51.2 Å². The second-order valence-electron chi connectivity index (χ2n) is 14.7. The summed E-state index contributed by atoms with van der Waals surface area (Å²) in [6.45, 7) is 6.33. The van der Waals surface area contributed by atoms with Crippen LogP contribution in [0.5, 0.6) is 0 Å². The van der Waals surface area contributed by atoms with Gasteiger partial charge in [-0.15, -0.1) is 0 Å². The number of rotatable bonds is 37. The Bertz CT molecular complexity index is 889. The van der Waals surface area contributed by atoms with Crippen molar-refractivity contribution >= 4 is 11.9 Å². The van der Waals surface area contributed by atoms with Crippen LogP contribution in [0.25, 0.3) is 0 Å². The van der Waals surface area contributed by atoms with Crippen LogP contribution in [0.2, 0.25) is 0 Å². The first kappa shape index (κ1) is 48.8. The van der Waals surface area contributed by atoms with Crippen molar-refractivity contribution in [3.63, 3.8) is 0 Å². The Morgan fingerprint density at radius 1 is 0.588 bits per heavy atom. The minimum atomic E-state index is -0.805. The van der Waals surface area contributed by atoms with E-state index in [0.717, 1.165) is 63.7 Å². The summed E-state index contributed by atoms with van der Waals surface area (Å²) in [5, 5.41) is 19.4. The summed E-state index contributed by atoms with van der Waals surface area (Å²) in [6, 6.07) is 0. The smallest absolute Gasteiger partial charge is 0.306 e. The second-order valence-corrected chi connectivity index (χ2v) is 14.7. The maximum atomic E-state index is 12.2. The van der Waals surface area contributed by atoms with Gasteiger partial charge in [-0.2, -0.15) is 0 Å². The number of aliphatic hydroxyl groups excluding tert-OH is 2. The monoisotopic (exact) mass is 717 g/mol. The minimum Gasteiger partial charge on any atom is -0.462 e. The third-order valence-corrected chi connectivity index (χ3v) is 9.16. The molecular weight excluding hydrogens is 636 g/mol. The molecule has 0 aromatic rings. The van der Waals surface area contributed by atoms with Gasteiger partial charge in [0.1, 0.15) is 6.61 Å². The van der Waals surface area contributed by atoms with Crippen molar-refractivity contribution in [2.75, 3.05) is 13.2 Å². The molecule has 0 unspecified atom stereocenters. The highest BCUT2D eigenvalue weighted by atomic mass is 16.6. The van der Waals surface area contributed by atoms with E-state index in [4.69, 9.17) is 9.47 Å². The molecule has 0 heterocycles. The van der Waals surface area contributed by atoms with Crippen LogP contribution in [0.4, 0.5) is 0 Å². The van der Waals surface area contributed by atoms with Crippen molar-refractivity contribution in [2.24, 2.45) is 5.92 Å². The maximum Gasteiger partial charge on any atom is 0.306 e. The summed E-state index contributed by atoms with van der Waals surface area (Å²) >= 11 is 0. The lowest BCUT2D eigenvalue weighted by Gasteiger charge is -2.15. The van der Waals surface area contributed by atoms with E-state index in [1.54, 1.807) is 0 Å². The molecule has 0 fully saturated rings. The van der Waals surface area contributed by atoms with Gasteiger partial charge >= 0.3 is 11.9 Å². The third-order valence-electron chi connectivity index (χ3n) is 9.16. The van der Waals surface area contributed by atoms with Crippen molar-refractivity contribution < 1.29 is 29.3 Å². The Labute approximate surface area is 314 Å². The van der Waals surface area contributed by atoms with Crippen molar-refractivity contribution in [1.82, 2.24) is 0 Å². The fourth-order valence-electron chi connectivity index (χ4n) is 5.90. The summed E-state index contributed by atoms with van der Waals surface area (Å²) in [4.78, 5) is 24.3. The highest BCUT2D eigenvalue weighted by Gasteiger charge is 2.16. The van der Waals surface area contributed by atoms with Gasteiger partial charge < -0.3 is 19.7 Å². The molecule has 2 atom stereocenters. The zero-order valence-corrected chi connectivity index (χ0v) is 33.4. The van der Waals surface area contributed by atoms with Crippen LogP contribution in [0.3, 0.4) is 0 Å². The lowest BCUT2D eigenvalue weighted by atomic mass is 10.0. The predicted octanol–water partition coefficient (Wildman–Crippen LogP) is 12.2. The van der Waals surface area contributed by atoms with Crippen molar-refractivity contribution in [3.05, 3.63) is 48.6 Å². The fourth-order valence-corrected chi connectivity index (χ4v) is 5.90. The number of hydrogen-bond acceptors (Lipinski definition) is 6. The summed E-state index contributed by atoms with van der Waals surface area (Å²) in [6.07, 6.45) is 45.1. The topological polar surface area (TPSA) is 93.1 Å². The van der Waals surface area contributed by atoms with Gasteiger partial charge in [0.2, 0.25) is 0 Å². The van der Waals surface area contributed by atoms with Crippen LogP contribution in [0.15, 0.2) is 48.6 Å². The summed E-state index contributed by atoms with van der Waals surface area (Å²) in [7, 11) is 0. The number of aliphatic hydroxyl groups is 2. The molecule has 0 spiro atoms. The van der Waals surface area contributed by atoms with Crippen LogP contribution >= 0.6 is 0 Å². The normalized spacial score (nSPS) is 13.4. The van der Waals surface area contributed by atoms with Gasteiger partial charge in [0.05, 0.1) is 12.7 Å². The second kappa shape index (κ2) is 39.0. The molecule has 0 bridgehead atoms. The molecule has 0 radical (unpaired) electrons. The van der Waals surface area contributed by atoms with Gasteiger partial charge in [0, 0.05) is 12.8 Å². The average Bonchev–Trinajstić information content (AvgIpc) is 3.11. The number of esters is 2. The molecule has 0 aliphatic heterocycles.